The van der Waals surface area contributed by atoms with Crippen LogP contribution in [0.4, 0.5) is 5.69 Å². The second-order valence-corrected chi connectivity index (χ2v) is 4.95. The SMILES string of the molecule is C/C(C(=O)O)=C(\C)C(=O)Nc1ccc(Oc2ccccc2)cc1. The lowest BCUT2D eigenvalue weighted by molar-refractivity contribution is -0.133. The number of hydrogen-bond acceptors (Lipinski definition) is 3. The van der Waals surface area contributed by atoms with Gasteiger partial charge in [0.2, 0.25) is 0 Å². The molecule has 5 nitrogen and oxygen atoms in total. The van der Waals surface area contributed by atoms with Crippen molar-refractivity contribution in [2.24, 2.45) is 0 Å². The molecule has 0 radical (unpaired) electrons. The van der Waals surface area contributed by atoms with Crippen LogP contribution in [0.2, 0.25) is 0 Å². The molecule has 0 fully saturated rings. The second kappa shape index (κ2) is 7.26. The Labute approximate surface area is 134 Å². The first-order valence-corrected chi connectivity index (χ1v) is 7.02. The zero-order valence-corrected chi connectivity index (χ0v) is 12.9. The van der Waals surface area contributed by atoms with Gasteiger partial charge < -0.3 is 15.2 Å². The van der Waals surface area contributed by atoms with Gasteiger partial charge in [-0.3, -0.25) is 4.79 Å². The van der Waals surface area contributed by atoms with Crippen molar-refractivity contribution in [1.82, 2.24) is 0 Å². The van der Waals surface area contributed by atoms with Gasteiger partial charge in [0.15, 0.2) is 0 Å². The number of carboxylic acid groups (broad SMARTS) is 1. The van der Waals surface area contributed by atoms with Gasteiger partial charge in [-0.1, -0.05) is 18.2 Å². The molecule has 0 spiro atoms. The van der Waals surface area contributed by atoms with E-state index in [9.17, 15) is 9.59 Å². The second-order valence-electron chi connectivity index (χ2n) is 4.95. The van der Waals surface area contributed by atoms with Gasteiger partial charge in [-0.05, 0) is 50.2 Å². The van der Waals surface area contributed by atoms with Gasteiger partial charge in [0.05, 0.1) is 0 Å². The molecule has 0 bridgehead atoms. The van der Waals surface area contributed by atoms with E-state index in [-0.39, 0.29) is 11.1 Å². The minimum absolute atomic E-state index is 0.0199. The highest BCUT2D eigenvalue weighted by Gasteiger charge is 2.12. The lowest BCUT2D eigenvalue weighted by Crippen LogP contribution is -2.16. The standard InChI is InChI=1S/C18H17NO4/c1-12(13(2)18(21)22)17(20)19-14-8-10-16(11-9-14)23-15-6-4-3-5-7-15/h3-11H,1-2H3,(H,19,20)(H,21,22)/b13-12-. The highest BCUT2D eigenvalue weighted by Crippen LogP contribution is 2.22. The van der Waals surface area contributed by atoms with Crippen LogP contribution in [0.3, 0.4) is 0 Å². The number of anilines is 1. The van der Waals surface area contributed by atoms with E-state index in [0.29, 0.717) is 11.4 Å². The summed E-state index contributed by atoms with van der Waals surface area (Å²) in [5, 5.41) is 11.5. The number of nitrogens with one attached hydrogen (secondary N) is 1. The molecule has 0 saturated carbocycles. The highest BCUT2D eigenvalue weighted by molar-refractivity contribution is 6.08. The molecule has 1 amide bonds. The van der Waals surface area contributed by atoms with Crippen LogP contribution in [0.5, 0.6) is 11.5 Å². The summed E-state index contributed by atoms with van der Waals surface area (Å²) in [6.45, 7) is 2.87. The van der Waals surface area contributed by atoms with Gasteiger partial charge >= 0.3 is 5.97 Å². The summed E-state index contributed by atoms with van der Waals surface area (Å²) < 4.78 is 5.66. The van der Waals surface area contributed by atoms with Crippen molar-refractivity contribution >= 4 is 17.6 Å². The Hall–Kier alpha value is -3.08. The smallest absolute Gasteiger partial charge is 0.331 e. The van der Waals surface area contributed by atoms with Crippen LogP contribution in [0.15, 0.2) is 65.7 Å². The minimum Gasteiger partial charge on any atom is -0.478 e. The van der Waals surface area contributed by atoms with Crippen molar-refractivity contribution in [2.45, 2.75) is 13.8 Å². The van der Waals surface area contributed by atoms with Crippen molar-refractivity contribution in [2.75, 3.05) is 5.32 Å². The normalized spacial score (nSPS) is 11.4. The van der Waals surface area contributed by atoms with Gasteiger partial charge in [-0.25, -0.2) is 4.79 Å². The molecule has 0 aromatic heterocycles. The fraction of sp³-hybridized carbons (Fsp3) is 0.111. The number of hydrogen-bond donors (Lipinski definition) is 2. The Morgan fingerprint density at radius 2 is 1.43 bits per heavy atom. The van der Waals surface area contributed by atoms with E-state index in [0.717, 1.165) is 5.75 Å². The Morgan fingerprint density at radius 3 is 2.00 bits per heavy atom. The van der Waals surface area contributed by atoms with E-state index in [1.54, 1.807) is 24.3 Å². The molecule has 0 heterocycles. The first kappa shape index (κ1) is 16.3. The van der Waals surface area contributed by atoms with Crippen LogP contribution in [-0.2, 0) is 9.59 Å². The van der Waals surface area contributed by atoms with Crippen LogP contribution >= 0.6 is 0 Å². The van der Waals surface area contributed by atoms with E-state index in [1.165, 1.54) is 13.8 Å². The molecule has 0 atom stereocenters. The first-order chi connectivity index (χ1) is 11.0. The van der Waals surface area contributed by atoms with E-state index >= 15 is 0 Å². The molecule has 118 valence electrons. The summed E-state index contributed by atoms with van der Waals surface area (Å²) in [6.07, 6.45) is 0. The fourth-order valence-electron chi connectivity index (χ4n) is 1.79. The largest absolute Gasteiger partial charge is 0.478 e. The zero-order valence-electron chi connectivity index (χ0n) is 12.9. The lowest BCUT2D eigenvalue weighted by atomic mass is 10.1. The van der Waals surface area contributed by atoms with Crippen LogP contribution in [0, 0.1) is 0 Å². The summed E-state index contributed by atoms with van der Waals surface area (Å²) in [5.41, 5.74) is 0.751. The van der Waals surface area contributed by atoms with Gasteiger partial charge in [0.1, 0.15) is 11.5 Å². The number of amides is 1. The van der Waals surface area contributed by atoms with Crippen molar-refractivity contribution in [3.8, 4) is 11.5 Å². The summed E-state index contributed by atoms with van der Waals surface area (Å²) in [4.78, 5) is 22.8. The molecule has 2 N–H and O–H groups in total. The molecule has 23 heavy (non-hydrogen) atoms. The number of carbonyl (C=O) groups excluding carboxylic acids is 1. The predicted octanol–water partition coefficient (Wildman–Crippen LogP) is 3.84. The van der Waals surface area contributed by atoms with E-state index in [4.69, 9.17) is 9.84 Å². The summed E-state index contributed by atoms with van der Waals surface area (Å²) >= 11 is 0. The maximum absolute atomic E-state index is 12.0. The summed E-state index contributed by atoms with van der Waals surface area (Å²) in [7, 11) is 0. The average molecular weight is 311 g/mol. The average Bonchev–Trinajstić information content (AvgIpc) is 2.56. The van der Waals surface area contributed by atoms with Crippen LogP contribution < -0.4 is 10.1 Å². The third-order valence-corrected chi connectivity index (χ3v) is 3.31. The lowest BCUT2D eigenvalue weighted by Gasteiger charge is -2.09. The van der Waals surface area contributed by atoms with Gasteiger partial charge in [-0.2, -0.15) is 0 Å². The molecule has 2 rings (SSSR count). The maximum atomic E-state index is 12.0. The van der Waals surface area contributed by atoms with Crippen molar-refractivity contribution < 1.29 is 19.4 Å². The molecule has 5 heteroatoms. The summed E-state index contributed by atoms with van der Waals surface area (Å²) in [5.74, 6) is -0.186. The number of ether oxygens (including phenoxy) is 1. The monoisotopic (exact) mass is 311 g/mol. The maximum Gasteiger partial charge on any atom is 0.331 e. The van der Waals surface area contributed by atoms with Gasteiger partial charge in [0.25, 0.3) is 5.91 Å². The molecular weight excluding hydrogens is 294 g/mol. The quantitative estimate of drug-likeness (QED) is 0.823. The van der Waals surface area contributed by atoms with Crippen molar-refractivity contribution in [1.29, 1.82) is 0 Å². The van der Waals surface area contributed by atoms with Crippen molar-refractivity contribution in [3.63, 3.8) is 0 Å². The predicted molar refractivity (Wildman–Crippen MR) is 87.6 cm³/mol. The topological polar surface area (TPSA) is 75.6 Å². The minimum atomic E-state index is -1.11. The van der Waals surface area contributed by atoms with Gasteiger partial charge in [0, 0.05) is 16.8 Å². The van der Waals surface area contributed by atoms with Crippen LogP contribution in [0.1, 0.15) is 13.8 Å². The van der Waals surface area contributed by atoms with E-state index in [1.807, 2.05) is 30.3 Å². The number of aliphatic carboxylic acids is 1. The molecule has 0 aliphatic carbocycles. The third kappa shape index (κ3) is 4.44. The Kier molecular flexibility index (Phi) is 5.15. The molecule has 2 aromatic rings. The van der Waals surface area contributed by atoms with Crippen LogP contribution in [0.25, 0.3) is 0 Å². The Morgan fingerprint density at radius 1 is 0.870 bits per heavy atom. The van der Waals surface area contributed by atoms with E-state index in [2.05, 4.69) is 5.32 Å². The Balaban J connectivity index is 2.04. The number of benzene rings is 2. The molecule has 2 aromatic carbocycles. The molecular formula is C18H17NO4. The van der Waals surface area contributed by atoms with Crippen LogP contribution in [-0.4, -0.2) is 17.0 Å². The highest BCUT2D eigenvalue weighted by atomic mass is 16.5. The number of carbonyl (C=O) groups is 2. The third-order valence-electron chi connectivity index (χ3n) is 3.31. The molecule has 0 aliphatic rings. The fourth-order valence-corrected chi connectivity index (χ4v) is 1.79. The van der Waals surface area contributed by atoms with Gasteiger partial charge in [-0.15, -0.1) is 0 Å². The van der Waals surface area contributed by atoms with E-state index < -0.39 is 11.9 Å². The molecule has 0 saturated heterocycles. The number of rotatable bonds is 5. The zero-order chi connectivity index (χ0) is 16.8. The number of carboxylic acids is 1. The van der Waals surface area contributed by atoms with Crippen molar-refractivity contribution in [3.05, 3.63) is 65.7 Å². The molecule has 0 unspecified atom stereocenters. The summed E-state index contributed by atoms with van der Waals surface area (Å²) in [6, 6.07) is 16.2. The Bertz CT molecular complexity index is 733. The molecule has 0 aliphatic heterocycles. The number of para-hydroxylation sites is 1. The first-order valence-electron chi connectivity index (χ1n) is 7.02.